The molecule has 4 nitrogen and oxygen atoms in total. The highest BCUT2D eigenvalue weighted by Gasteiger charge is 2.15. The molecule has 0 radical (unpaired) electrons. The molecule has 21 heavy (non-hydrogen) atoms. The molecule has 0 unspecified atom stereocenters. The second-order valence-corrected chi connectivity index (χ2v) is 5.35. The lowest BCUT2D eigenvalue weighted by Gasteiger charge is -2.09. The van der Waals surface area contributed by atoms with Gasteiger partial charge in [-0.1, -0.05) is 32.3 Å². The van der Waals surface area contributed by atoms with Gasteiger partial charge in [0.15, 0.2) is 0 Å². The van der Waals surface area contributed by atoms with Crippen LogP contribution in [0.5, 0.6) is 0 Å². The van der Waals surface area contributed by atoms with Gasteiger partial charge in [0.25, 0.3) is 0 Å². The molecule has 1 fully saturated rings. The third-order valence-electron chi connectivity index (χ3n) is 3.81. The summed E-state index contributed by atoms with van der Waals surface area (Å²) >= 11 is 0. The second kappa shape index (κ2) is 7.62. The minimum atomic E-state index is -0.311. The topological polar surface area (TPSA) is 55.4 Å². The van der Waals surface area contributed by atoms with Gasteiger partial charge >= 0.3 is 5.97 Å². The highest BCUT2D eigenvalue weighted by molar-refractivity contribution is 5.99. The molecular formula is C17H21NO3. The van der Waals surface area contributed by atoms with Crippen LogP contribution in [0.1, 0.15) is 42.5 Å². The molecule has 0 spiro atoms. The van der Waals surface area contributed by atoms with Gasteiger partial charge in [0.2, 0.25) is 5.91 Å². The van der Waals surface area contributed by atoms with Crippen LogP contribution in [0.4, 0.5) is 5.69 Å². The maximum absolute atomic E-state index is 11.9. The molecule has 0 atom stereocenters. The number of hydrogen-bond acceptors (Lipinski definition) is 3. The van der Waals surface area contributed by atoms with Gasteiger partial charge in [-0.3, -0.25) is 4.79 Å². The first kappa shape index (κ1) is 15.3. The summed E-state index contributed by atoms with van der Waals surface area (Å²) in [5.74, 6) is 0.130. The van der Waals surface area contributed by atoms with Crippen LogP contribution < -0.4 is 5.32 Å². The normalized spacial score (nSPS) is 14.7. The summed E-state index contributed by atoms with van der Waals surface area (Å²) in [6, 6.07) is 6.65. The highest BCUT2D eigenvalue weighted by Crippen LogP contribution is 2.27. The molecule has 1 aliphatic carbocycles. The van der Waals surface area contributed by atoms with Gasteiger partial charge in [-0.25, -0.2) is 4.79 Å². The number of anilines is 1. The molecule has 0 aromatic heterocycles. The van der Waals surface area contributed by atoms with Gasteiger partial charge in [0.1, 0.15) is 0 Å². The van der Waals surface area contributed by atoms with Crippen LogP contribution in [-0.2, 0) is 9.53 Å². The molecule has 0 bridgehead atoms. The molecule has 0 saturated heterocycles. The summed E-state index contributed by atoms with van der Waals surface area (Å²) in [7, 11) is 0. The van der Waals surface area contributed by atoms with E-state index in [0.717, 1.165) is 6.42 Å². The predicted molar refractivity (Wildman–Crippen MR) is 82.1 cm³/mol. The highest BCUT2D eigenvalue weighted by atomic mass is 16.5. The van der Waals surface area contributed by atoms with Crippen molar-refractivity contribution in [2.24, 2.45) is 5.92 Å². The first-order valence-corrected chi connectivity index (χ1v) is 7.39. The summed E-state index contributed by atoms with van der Waals surface area (Å²) in [5, 5.41) is 2.63. The monoisotopic (exact) mass is 287 g/mol. The molecule has 1 saturated carbocycles. The SMILES string of the molecule is C=CC(=O)Nc1ccc(C(=O)OCCC2CCCC2)cc1. The minimum Gasteiger partial charge on any atom is -0.462 e. The Morgan fingerprint density at radius 2 is 1.90 bits per heavy atom. The van der Waals surface area contributed by atoms with E-state index in [0.29, 0.717) is 23.8 Å². The van der Waals surface area contributed by atoms with E-state index in [-0.39, 0.29) is 11.9 Å². The third-order valence-corrected chi connectivity index (χ3v) is 3.81. The Morgan fingerprint density at radius 1 is 1.24 bits per heavy atom. The van der Waals surface area contributed by atoms with Crippen molar-refractivity contribution in [2.75, 3.05) is 11.9 Å². The maximum atomic E-state index is 11.9. The molecular weight excluding hydrogens is 266 g/mol. The lowest BCUT2D eigenvalue weighted by atomic mass is 10.1. The van der Waals surface area contributed by atoms with E-state index >= 15 is 0 Å². The summed E-state index contributed by atoms with van der Waals surface area (Å²) < 4.78 is 5.29. The summed E-state index contributed by atoms with van der Waals surface area (Å²) in [4.78, 5) is 23.0. The average Bonchev–Trinajstić information content (AvgIpc) is 3.01. The number of esters is 1. The molecule has 4 heteroatoms. The number of ether oxygens (including phenoxy) is 1. The van der Waals surface area contributed by atoms with E-state index in [4.69, 9.17) is 4.74 Å². The Hall–Kier alpha value is -2.10. The van der Waals surface area contributed by atoms with Gasteiger partial charge in [0, 0.05) is 5.69 Å². The van der Waals surface area contributed by atoms with Crippen LogP contribution in [0.3, 0.4) is 0 Å². The fourth-order valence-electron chi connectivity index (χ4n) is 2.58. The first-order chi connectivity index (χ1) is 10.2. The minimum absolute atomic E-state index is 0.276. The second-order valence-electron chi connectivity index (χ2n) is 5.35. The van der Waals surface area contributed by atoms with Crippen molar-refractivity contribution in [1.29, 1.82) is 0 Å². The smallest absolute Gasteiger partial charge is 0.338 e. The molecule has 1 aliphatic rings. The van der Waals surface area contributed by atoms with E-state index < -0.39 is 0 Å². The van der Waals surface area contributed by atoms with Crippen molar-refractivity contribution in [1.82, 2.24) is 0 Å². The Morgan fingerprint density at radius 3 is 2.52 bits per heavy atom. The number of rotatable bonds is 6. The molecule has 0 heterocycles. The van der Waals surface area contributed by atoms with Gasteiger partial charge in [-0.05, 0) is 42.7 Å². The zero-order chi connectivity index (χ0) is 15.1. The first-order valence-electron chi connectivity index (χ1n) is 7.39. The fourth-order valence-corrected chi connectivity index (χ4v) is 2.58. The van der Waals surface area contributed by atoms with Crippen molar-refractivity contribution in [3.63, 3.8) is 0 Å². The van der Waals surface area contributed by atoms with Crippen LogP contribution in [0, 0.1) is 5.92 Å². The van der Waals surface area contributed by atoms with Crippen molar-refractivity contribution in [3.8, 4) is 0 Å². The van der Waals surface area contributed by atoms with Crippen LogP contribution in [-0.4, -0.2) is 18.5 Å². The van der Waals surface area contributed by atoms with Crippen LogP contribution in [0.15, 0.2) is 36.9 Å². The lowest BCUT2D eigenvalue weighted by molar-refractivity contribution is -0.111. The summed E-state index contributed by atoms with van der Waals surface area (Å²) in [6.07, 6.45) is 7.28. The number of nitrogens with one attached hydrogen (secondary N) is 1. The Balaban J connectivity index is 1.78. The van der Waals surface area contributed by atoms with E-state index in [1.807, 2.05) is 0 Å². The van der Waals surface area contributed by atoms with E-state index in [1.165, 1.54) is 31.8 Å². The molecule has 1 aromatic carbocycles. The molecule has 112 valence electrons. The zero-order valence-electron chi connectivity index (χ0n) is 12.1. The largest absolute Gasteiger partial charge is 0.462 e. The maximum Gasteiger partial charge on any atom is 0.338 e. The average molecular weight is 287 g/mol. The number of amides is 1. The van der Waals surface area contributed by atoms with Crippen molar-refractivity contribution < 1.29 is 14.3 Å². The van der Waals surface area contributed by atoms with E-state index in [2.05, 4.69) is 11.9 Å². The molecule has 2 rings (SSSR count). The summed E-state index contributed by atoms with van der Waals surface area (Å²) in [5.41, 5.74) is 1.13. The molecule has 1 aromatic rings. The summed E-state index contributed by atoms with van der Waals surface area (Å²) in [6.45, 7) is 3.87. The third kappa shape index (κ3) is 4.74. The lowest BCUT2D eigenvalue weighted by Crippen LogP contribution is -2.10. The van der Waals surface area contributed by atoms with Crippen molar-refractivity contribution in [3.05, 3.63) is 42.5 Å². The quantitative estimate of drug-likeness (QED) is 0.643. The van der Waals surface area contributed by atoms with E-state index in [9.17, 15) is 9.59 Å². The molecule has 0 aliphatic heterocycles. The van der Waals surface area contributed by atoms with Crippen LogP contribution >= 0.6 is 0 Å². The van der Waals surface area contributed by atoms with Gasteiger partial charge in [-0.15, -0.1) is 0 Å². The number of benzene rings is 1. The van der Waals surface area contributed by atoms with E-state index in [1.54, 1.807) is 24.3 Å². The molecule has 1 N–H and O–H groups in total. The standard InChI is InChI=1S/C17H21NO3/c1-2-16(19)18-15-9-7-14(8-10-15)17(20)21-12-11-13-5-3-4-6-13/h2,7-10,13H,1,3-6,11-12H2,(H,18,19). The van der Waals surface area contributed by atoms with Gasteiger partial charge in [0.05, 0.1) is 12.2 Å². The predicted octanol–water partition coefficient (Wildman–Crippen LogP) is 3.55. The molecule has 1 amide bonds. The van der Waals surface area contributed by atoms with Crippen molar-refractivity contribution in [2.45, 2.75) is 32.1 Å². The Bertz CT molecular complexity index is 501. The van der Waals surface area contributed by atoms with Crippen molar-refractivity contribution >= 4 is 17.6 Å². The Labute approximate surface area is 125 Å². The fraction of sp³-hybridized carbons (Fsp3) is 0.412. The Kier molecular flexibility index (Phi) is 5.55. The number of carbonyl (C=O) groups excluding carboxylic acids is 2. The zero-order valence-corrected chi connectivity index (χ0v) is 12.1. The van der Waals surface area contributed by atoms with Gasteiger partial charge in [-0.2, -0.15) is 0 Å². The van der Waals surface area contributed by atoms with Crippen LogP contribution in [0.2, 0.25) is 0 Å². The number of hydrogen-bond donors (Lipinski definition) is 1. The van der Waals surface area contributed by atoms with Crippen LogP contribution in [0.25, 0.3) is 0 Å². The van der Waals surface area contributed by atoms with Gasteiger partial charge < -0.3 is 10.1 Å². The number of carbonyl (C=O) groups is 2.